The normalized spacial score (nSPS) is 20.1. The third kappa shape index (κ3) is 4.26. The summed E-state index contributed by atoms with van der Waals surface area (Å²) in [4.78, 5) is 0. The van der Waals surface area contributed by atoms with E-state index in [4.69, 9.17) is 15.2 Å². The van der Waals surface area contributed by atoms with Crippen molar-refractivity contribution >= 4 is 6.08 Å². The van der Waals surface area contributed by atoms with E-state index in [-0.39, 0.29) is 46.8 Å². The number of allylic oxidation sites excluding steroid dienone is 1. The van der Waals surface area contributed by atoms with Gasteiger partial charge >= 0.3 is 12.4 Å². The van der Waals surface area contributed by atoms with Crippen LogP contribution in [0, 0.1) is 11.3 Å². The van der Waals surface area contributed by atoms with Gasteiger partial charge in [0.25, 0.3) is 0 Å². The maximum absolute atomic E-state index is 13.7. The van der Waals surface area contributed by atoms with Gasteiger partial charge in [0, 0.05) is 11.1 Å². The molecule has 0 radical (unpaired) electrons. The number of nitriles is 1. The Balaban J connectivity index is 1.91. The first kappa shape index (κ1) is 23.4. The average molecular weight is 478 g/mol. The van der Waals surface area contributed by atoms with Crippen molar-refractivity contribution in [2.45, 2.75) is 18.3 Å². The van der Waals surface area contributed by atoms with E-state index in [2.05, 4.69) is 0 Å². The van der Waals surface area contributed by atoms with Crippen LogP contribution in [-0.2, 0) is 21.8 Å². The smallest absolute Gasteiger partial charge is 0.416 e. The van der Waals surface area contributed by atoms with Crippen molar-refractivity contribution in [3.8, 4) is 6.07 Å². The largest absolute Gasteiger partial charge is 0.440 e. The van der Waals surface area contributed by atoms with Crippen LogP contribution in [0.15, 0.2) is 76.9 Å². The maximum Gasteiger partial charge on any atom is 0.416 e. The zero-order valence-corrected chi connectivity index (χ0v) is 17.3. The fourth-order valence-electron chi connectivity index (χ4n) is 4.08. The van der Waals surface area contributed by atoms with Gasteiger partial charge < -0.3 is 15.2 Å². The quantitative estimate of drug-likeness (QED) is 0.546. The second-order valence-corrected chi connectivity index (χ2v) is 7.61. The molecule has 0 amide bonds. The topological polar surface area (TPSA) is 68.3 Å². The molecule has 0 fully saturated rings. The lowest BCUT2D eigenvalue weighted by Gasteiger charge is -2.34. The van der Waals surface area contributed by atoms with Crippen LogP contribution in [0.3, 0.4) is 0 Å². The third-order valence-corrected chi connectivity index (χ3v) is 5.51. The average Bonchev–Trinajstić information content (AvgIpc) is 2.78. The second-order valence-electron chi connectivity index (χ2n) is 7.61. The summed E-state index contributed by atoms with van der Waals surface area (Å²) >= 11 is 0. The van der Waals surface area contributed by atoms with Crippen LogP contribution < -0.4 is 5.73 Å². The van der Waals surface area contributed by atoms with Crippen molar-refractivity contribution in [3.05, 3.63) is 99.1 Å². The number of ether oxygens (including phenoxy) is 2. The summed E-state index contributed by atoms with van der Waals surface area (Å²) in [5, 5.41) is 9.65. The summed E-state index contributed by atoms with van der Waals surface area (Å²) in [6.07, 6.45) is -8.14. The number of nitrogens with two attached hydrogens (primary N) is 1. The molecule has 0 unspecified atom stereocenters. The molecule has 1 atom stereocenters. The van der Waals surface area contributed by atoms with Crippen molar-refractivity contribution in [2.75, 3.05) is 13.2 Å². The summed E-state index contributed by atoms with van der Waals surface area (Å²) in [6.45, 7) is -0.350. The summed E-state index contributed by atoms with van der Waals surface area (Å²) in [7, 11) is 0. The molecule has 176 valence electrons. The lowest BCUT2D eigenvalue weighted by Crippen LogP contribution is -2.29. The van der Waals surface area contributed by atoms with Crippen molar-refractivity contribution in [1.29, 1.82) is 5.26 Å². The zero-order valence-electron chi connectivity index (χ0n) is 17.3. The summed E-state index contributed by atoms with van der Waals surface area (Å²) in [6, 6.07) is 11.4. The van der Waals surface area contributed by atoms with Crippen molar-refractivity contribution in [3.63, 3.8) is 0 Å². The Hall–Kier alpha value is -3.71. The van der Waals surface area contributed by atoms with Gasteiger partial charge in [0.05, 0.1) is 30.3 Å². The molecular weight excluding hydrogens is 462 g/mol. The molecule has 4 rings (SSSR count). The van der Waals surface area contributed by atoms with Crippen molar-refractivity contribution in [2.24, 2.45) is 5.73 Å². The number of hydrogen-bond donors (Lipinski definition) is 1. The van der Waals surface area contributed by atoms with Crippen LogP contribution >= 0.6 is 0 Å². The Bertz CT molecular complexity index is 1270. The number of rotatable bonds is 2. The highest BCUT2D eigenvalue weighted by molar-refractivity contribution is 5.65. The molecular formula is C24H16F6N2O2. The van der Waals surface area contributed by atoms with E-state index in [9.17, 15) is 31.6 Å². The minimum absolute atomic E-state index is 0.00158. The Morgan fingerprint density at radius 1 is 0.912 bits per heavy atom. The fraction of sp³-hybridized carbons (Fsp3) is 0.208. The molecule has 4 nitrogen and oxygen atoms in total. The fourth-order valence-corrected chi connectivity index (χ4v) is 4.08. The highest BCUT2D eigenvalue weighted by Crippen LogP contribution is 2.47. The maximum atomic E-state index is 13.7. The molecule has 0 bridgehead atoms. The minimum Gasteiger partial charge on any atom is -0.440 e. The van der Waals surface area contributed by atoms with Crippen LogP contribution in [0.2, 0.25) is 0 Å². The number of hydrogen-bond acceptors (Lipinski definition) is 4. The monoisotopic (exact) mass is 478 g/mol. The summed E-state index contributed by atoms with van der Waals surface area (Å²) < 4.78 is 92.7. The molecule has 10 heteroatoms. The molecule has 0 aliphatic carbocycles. The molecule has 0 saturated carbocycles. The van der Waals surface area contributed by atoms with Crippen LogP contribution in [0.5, 0.6) is 0 Å². The van der Waals surface area contributed by atoms with E-state index >= 15 is 0 Å². The first-order chi connectivity index (χ1) is 16.0. The molecule has 2 N–H and O–H groups in total. The van der Waals surface area contributed by atoms with Gasteiger partial charge in [0.1, 0.15) is 17.4 Å². The predicted octanol–water partition coefficient (Wildman–Crippen LogP) is 5.90. The van der Waals surface area contributed by atoms with Gasteiger partial charge in [-0.3, -0.25) is 0 Å². The van der Waals surface area contributed by atoms with Crippen LogP contribution in [0.1, 0.15) is 28.2 Å². The van der Waals surface area contributed by atoms with Gasteiger partial charge in [-0.15, -0.1) is 0 Å². The highest BCUT2D eigenvalue weighted by Gasteiger charge is 2.42. The molecule has 2 heterocycles. The van der Waals surface area contributed by atoms with E-state index in [1.165, 1.54) is 42.5 Å². The molecule has 2 aliphatic heterocycles. The Kier molecular flexibility index (Phi) is 5.91. The molecule has 2 aromatic rings. The van der Waals surface area contributed by atoms with Gasteiger partial charge in [-0.05, 0) is 29.3 Å². The summed E-state index contributed by atoms with van der Waals surface area (Å²) in [5.41, 5.74) is 3.73. The van der Waals surface area contributed by atoms with E-state index in [1.807, 2.05) is 6.07 Å². The van der Waals surface area contributed by atoms with Gasteiger partial charge in [-0.25, -0.2) is 0 Å². The van der Waals surface area contributed by atoms with Crippen molar-refractivity contribution < 1.29 is 35.8 Å². The number of benzene rings is 2. The standard InChI is InChI=1S/C24H16F6N2O2/c25-23(26,27)18-7-3-1-5-13(18)9-14-11-33-12-17-20(16(10-31)22(32)34-21(14)17)15-6-2-4-8-19(15)24(28,29)30/h1-9,20H,11-12,32H2/b14-9+/t20-/m1/s1. The number of nitrogens with zero attached hydrogens (tertiary/aromatic N) is 1. The number of alkyl halides is 6. The number of halogens is 6. The molecule has 0 saturated heterocycles. The van der Waals surface area contributed by atoms with Gasteiger partial charge in [-0.1, -0.05) is 36.4 Å². The molecule has 0 aromatic heterocycles. The highest BCUT2D eigenvalue weighted by atomic mass is 19.4. The second kappa shape index (κ2) is 8.57. The Labute approximate surface area is 190 Å². The summed E-state index contributed by atoms with van der Waals surface area (Å²) in [5.74, 6) is -1.66. The molecule has 0 spiro atoms. The van der Waals surface area contributed by atoms with Gasteiger partial charge in [0.2, 0.25) is 5.88 Å². The zero-order chi connectivity index (χ0) is 24.7. The Morgan fingerprint density at radius 2 is 1.53 bits per heavy atom. The van der Waals surface area contributed by atoms with E-state index < -0.39 is 35.3 Å². The van der Waals surface area contributed by atoms with E-state index in [1.54, 1.807) is 0 Å². The van der Waals surface area contributed by atoms with Gasteiger partial charge in [0.15, 0.2) is 0 Å². The molecule has 2 aliphatic rings. The SMILES string of the molecule is N#CC1=C(N)OC2=C(COC/C2=C\c2ccccc2C(F)(F)F)[C@@H]1c1ccccc1C(F)(F)F. The van der Waals surface area contributed by atoms with Gasteiger partial charge in [-0.2, -0.15) is 31.6 Å². The lowest BCUT2D eigenvalue weighted by atomic mass is 9.79. The van der Waals surface area contributed by atoms with E-state index in [0.717, 1.165) is 12.1 Å². The third-order valence-electron chi connectivity index (χ3n) is 5.51. The molecule has 2 aromatic carbocycles. The predicted molar refractivity (Wildman–Crippen MR) is 109 cm³/mol. The van der Waals surface area contributed by atoms with E-state index in [0.29, 0.717) is 0 Å². The van der Waals surface area contributed by atoms with Crippen LogP contribution in [0.25, 0.3) is 6.08 Å². The lowest BCUT2D eigenvalue weighted by molar-refractivity contribution is -0.138. The van der Waals surface area contributed by atoms with Crippen LogP contribution in [0.4, 0.5) is 26.3 Å². The molecule has 34 heavy (non-hydrogen) atoms. The first-order valence-electron chi connectivity index (χ1n) is 9.94. The van der Waals surface area contributed by atoms with Crippen LogP contribution in [-0.4, -0.2) is 13.2 Å². The Morgan fingerprint density at radius 3 is 2.18 bits per heavy atom. The minimum atomic E-state index is -4.72. The van der Waals surface area contributed by atoms with Crippen molar-refractivity contribution in [1.82, 2.24) is 0 Å². The first-order valence-corrected chi connectivity index (χ1v) is 9.94.